The molecule has 1 amide bonds. The SMILES string of the molecule is O=C(c1cccnc1)N1CC[C@@]2(C[C@H](Oc3cccnc3)CO2)C1. The molecule has 2 aromatic rings. The van der Waals surface area contributed by atoms with Gasteiger partial charge in [-0.3, -0.25) is 14.8 Å². The van der Waals surface area contributed by atoms with Crippen molar-refractivity contribution in [1.29, 1.82) is 0 Å². The van der Waals surface area contributed by atoms with E-state index in [0.29, 0.717) is 25.3 Å². The normalized spacial score (nSPS) is 26.0. The largest absolute Gasteiger partial charge is 0.486 e. The van der Waals surface area contributed by atoms with E-state index in [9.17, 15) is 4.79 Å². The number of hydrogen-bond donors (Lipinski definition) is 0. The van der Waals surface area contributed by atoms with Crippen LogP contribution in [0, 0.1) is 0 Å². The topological polar surface area (TPSA) is 64.6 Å². The van der Waals surface area contributed by atoms with Gasteiger partial charge in [0, 0.05) is 31.6 Å². The molecule has 0 radical (unpaired) electrons. The Morgan fingerprint density at radius 3 is 2.83 bits per heavy atom. The van der Waals surface area contributed by atoms with E-state index in [1.54, 1.807) is 36.9 Å². The van der Waals surface area contributed by atoms with E-state index in [-0.39, 0.29) is 17.6 Å². The van der Waals surface area contributed by atoms with E-state index < -0.39 is 0 Å². The van der Waals surface area contributed by atoms with Crippen molar-refractivity contribution in [2.75, 3.05) is 19.7 Å². The highest BCUT2D eigenvalue weighted by atomic mass is 16.6. The third kappa shape index (κ3) is 2.97. The fourth-order valence-corrected chi connectivity index (χ4v) is 3.46. The van der Waals surface area contributed by atoms with E-state index in [1.165, 1.54) is 0 Å². The van der Waals surface area contributed by atoms with Gasteiger partial charge in [-0.15, -0.1) is 0 Å². The number of likely N-dealkylation sites (tertiary alicyclic amines) is 1. The number of carbonyl (C=O) groups is 1. The number of nitrogens with zero attached hydrogens (tertiary/aromatic N) is 3. The molecule has 2 aliphatic rings. The molecule has 0 bridgehead atoms. The molecule has 2 aliphatic heterocycles. The molecule has 2 aromatic heterocycles. The van der Waals surface area contributed by atoms with Crippen LogP contribution in [0.15, 0.2) is 49.1 Å². The van der Waals surface area contributed by atoms with Crippen LogP contribution in [-0.2, 0) is 4.74 Å². The number of aromatic nitrogens is 2. The van der Waals surface area contributed by atoms with Crippen molar-refractivity contribution < 1.29 is 14.3 Å². The first-order chi connectivity index (χ1) is 11.7. The Morgan fingerprint density at radius 2 is 2.08 bits per heavy atom. The van der Waals surface area contributed by atoms with E-state index in [2.05, 4.69) is 9.97 Å². The molecule has 4 heterocycles. The molecule has 124 valence electrons. The first-order valence-corrected chi connectivity index (χ1v) is 8.14. The van der Waals surface area contributed by atoms with Crippen molar-refractivity contribution in [1.82, 2.24) is 14.9 Å². The monoisotopic (exact) mass is 325 g/mol. The van der Waals surface area contributed by atoms with Gasteiger partial charge < -0.3 is 14.4 Å². The van der Waals surface area contributed by atoms with E-state index >= 15 is 0 Å². The number of amides is 1. The van der Waals surface area contributed by atoms with Gasteiger partial charge in [0.1, 0.15) is 11.9 Å². The number of hydrogen-bond acceptors (Lipinski definition) is 5. The zero-order valence-corrected chi connectivity index (χ0v) is 13.3. The Labute approximate surface area is 140 Å². The van der Waals surface area contributed by atoms with Crippen LogP contribution < -0.4 is 4.74 Å². The lowest BCUT2D eigenvalue weighted by molar-refractivity contribution is 0.00994. The van der Waals surface area contributed by atoms with Crippen LogP contribution in [-0.4, -0.2) is 52.2 Å². The minimum Gasteiger partial charge on any atom is -0.486 e. The maximum Gasteiger partial charge on any atom is 0.255 e. The summed E-state index contributed by atoms with van der Waals surface area (Å²) >= 11 is 0. The fourth-order valence-electron chi connectivity index (χ4n) is 3.46. The predicted molar refractivity (Wildman–Crippen MR) is 86.7 cm³/mol. The van der Waals surface area contributed by atoms with Gasteiger partial charge in [-0.1, -0.05) is 0 Å². The zero-order chi connectivity index (χ0) is 16.4. The van der Waals surface area contributed by atoms with Crippen molar-refractivity contribution in [2.45, 2.75) is 24.5 Å². The first kappa shape index (κ1) is 15.1. The zero-order valence-electron chi connectivity index (χ0n) is 13.3. The van der Waals surface area contributed by atoms with Gasteiger partial charge in [-0.25, -0.2) is 0 Å². The molecule has 6 heteroatoms. The molecule has 0 N–H and O–H groups in total. The van der Waals surface area contributed by atoms with Gasteiger partial charge in [0.2, 0.25) is 0 Å². The highest BCUT2D eigenvalue weighted by Gasteiger charge is 2.47. The lowest BCUT2D eigenvalue weighted by Gasteiger charge is -2.23. The highest BCUT2D eigenvalue weighted by Crippen LogP contribution is 2.37. The van der Waals surface area contributed by atoms with Gasteiger partial charge in [0.05, 0.1) is 30.5 Å². The summed E-state index contributed by atoms with van der Waals surface area (Å²) < 4.78 is 12.0. The average molecular weight is 325 g/mol. The summed E-state index contributed by atoms with van der Waals surface area (Å²) in [6.07, 6.45) is 8.34. The highest BCUT2D eigenvalue weighted by molar-refractivity contribution is 5.94. The number of ether oxygens (including phenoxy) is 2. The fraction of sp³-hybridized carbons (Fsp3) is 0.389. The summed E-state index contributed by atoms with van der Waals surface area (Å²) in [5.41, 5.74) is 0.334. The van der Waals surface area contributed by atoms with Crippen LogP contribution in [0.3, 0.4) is 0 Å². The van der Waals surface area contributed by atoms with E-state index in [0.717, 1.165) is 18.6 Å². The third-order valence-electron chi connectivity index (χ3n) is 4.62. The Bertz CT molecular complexity index is 710. The third-order valence-corrected chi connectivity index (χ3v) is 4.62. The van der Waals surface area contributed by atoms with Crippen molar-refractivity contribution in [2.24, 2.45) is 0 Å². The second-order valence-electron chi connectivity index (χ2n) is 6.35. The standard InChI is InChI=1S/C18H19N3O3/c22-17(14-3-1-6-19-10-14)21-8-5-18(13-21)9-16(12-23-18)24-15-4-2-7-20-11-15/h1-4,6-7,10-11,16H,5,8-9,12-13H2/t16-,18+/m0/s1. The summed E-state index contributed by atoms with van der Waals surface area (Å²) in [6.45, 7) is 1.85. The summed E-state index contributed by atoms with van der Waals surface area (Å²) in [4.78, 5) is 22.5. The Hall–Kier alpha value is -2.47. The van der Waals surface area contributed by atoms with Crippen molar-refractivity contribution >= 4 is 5.91 Å². The lowest BCUT2D eigenvalue weighted by atomic mass is 9.98. The van der Waals surface area contributed by atoms with Crippen LogP contribution in [0.1, 0.15) is 23.2 Å². The molecule has 2 saturated heterocycles. The molecule has 2 fully saturated rings. The Kier molecular flexibility index (Phi) is 3.90. The second-order valence-corrected chi connectivity index (χ2v) is 6.35. The van der Waals surface area contributed by atoms with Crippen LogP contribution in [0.25, 0.3) is 0 Å². The molecular weight excluding hydrogens is 306 g/mol. The van der Waals surface area contributed by atoms with Crippen LogP contribution in [0.4, 0.5) is 0 Å². The molecular formula is C18H19N3O3. The molecule has 0 aliphatic carbocycles. The number of carbonyl (C=O) groups excluding carboxylic acids is 1. The quantitative estimate of drug-likeness (QED) is 0.863. The second kappa shape index (κ2) is 6.20. The minimum atomic E-state index is -0.287. The number of rotatable bonds is 3. The van der Waals surface area contributed by atoms with Gasteiger partial charge in [-0.2, -0.15) is 0 Å². The van der Waals surface area contributed by atoms with E-state index in [4.69, 9.17) is 9.47 Å². The molecule has 6 nitrogen and oxygen atoms in total. The average Bonchev–Trinajstić information content (AvgIpc) is 3.23. The maximum absolute atomic E-state index is 12.6. The first-order valence-electron chi connectivity index (χ1n) is 8.14. The Morgan fingerprint density at radius 1 is 1.25 bits per heavy atom. The van der Waals surface area contributed by atoms with Crippen molar-refractivity contribution in [3.8, 4) is 5.75 Å². The van der Waals surface area contributed by atoms with Crippen molar-refractivity contribution in [3.05, 3.63) is 54.6 Å². The predicted octanol–water partition coefficient (Wildman–Crippen LogP) is 1.93. The van der Waals surface area contributed by atoms with Crippen LogP contribution in [0.2, 0.25) is 0 Å². The number of pyridine rings is 2. The van der Waals surface area contributed by atoms with Gasteiger partial charge in [0.25, 0.3) is 5.91 Å². The molecule has 1 spiro atoms. The minimum absolute atomic E-state index is 0.00245. The molecule has 0 unspecified atom stereocenters. The summed E-state index contributed by atoms with van der Waals surface area (Å²) in [5, 5.41) is 0. The summed E-state index contributed by atoms with van der Waals surface area (Å²) in [7, 11) is 0. The molecule has 0 saturated carbocycles. The van der Waals surface area contributed by atoms with Gasteiger partial charge in [0.15, 0.2) is 0 Å². The maximum atomic E-state index is 12.6. The lowest BCUT2D eigenvalue weighted by Crippen LogP contribution is -2.36. The van der Waals surface area contributed by atoms with Crippen LogP contribution in [0.5, 0.6) is 5.75 Å². The van der Waals surface area contributed by atoms with Gasteiger partial charge in [-0.05, 0) is 30.7 Å². The van der Waals surface area contributed by atoms with Gasteiger partial charge >= 0.3 is 0 Å². The molecule has 24 heavy (non-hydrogen) atoms. The summed E-state index contributed by atoms with van der Waals surface area (Å²) in [5.74, 6) is 0.768. The van der Waals surface area contributed by atoms with E-state index in [1.807, 2.05) is 17.0 Å². The molecule has 2 atom stereocenters. The molecule has 4 rings (SSSR count). The van der Waals surface area contributed by atoms with Crippen molar-refractivity contribution in [3.63, 3.8) is 0 Å². The summed E-state index contributed by atoms with van der Waals surface area (Å²) in [6, 6.07) is 7.32. The Balaban J connectivity index is 1.39. The van der Waals surface area contributed by atoms with Crippen LogP contribution >= 0.6 is 0 Å². The smallest absolute Gasteiger partial charge is 0.255 e. The molecule has 0 aromatic carbocycles.